The third kappa shape index (κ3) is 5.34. The fourth-order valence-corrected chi connectivity index (χ4v) is 4.02. The molecule has 156 valence electrons. The number of nitrogen functional groups attached to an aromatic ring is 1. The van der Waals surface area contributed by atoms with Crippen molar-refractivity contribution in [2.24, 2.45) is 0 Å². The number of rotatable bonds is 11. The quantitative estimate of drug-likeness (QED) is 0.580. The standard InChI is InChI=1S/C21H34N4O3/c1-3-9-15(2)28-21-23-19(22)17-14-18(26)25(20(17)24-21)12-7-5-4-6-10-16-11-8-13-27-16/h15-16H,3-14H2,1-2H3,(H2,22,23,24)/t15-,16?/m0/s1. The van der Waals surface area contributed by atoms with Gasteiger partial charge < -0.3 is 15.2 Å². The van der Waals surface area contributed by atoms with Crippen molar-refractivity contribution in [3.05, 3.63) is 5.56 Å². The van der Waals surface area contributed by atoms with E-state index in [-0.39, 0.29) is 24.4 Å². The number of fused-ring (bicyclic) bond motifs is 1. The van der Waals surface area contributed by atoms with E-state index >= 15 is 0 Å². The second-order valence-corrected chi connectivity index (χ2v) is 7.97. The number of carbonyl (C=O) groups is 1. The van der Waals surface area contributed by atoms with Crippen molar-refractivity contribution >= 4 is 17.5 Å². The summed E-state index contributed by atoms with van der Waals surface area (Å²) in [6.45, 7) is 5.70. The summed E-state index contributed by atoms with van der Waals surface area (Å²) in [4.78, 5) is 23.0. The van der Waals surface area contributed by atoms with Gasteiger partial charge in [0.2, 0.25) is 5.91 Å². The van der Waals surface area contributed by atoms with Gasteiger partial charge in [-0.2, -0.15) is 9.97 Å². The van der Waals surface area contributed by atoms with Crippen LogP contribution >= 0.6 is 0 Å². The van der Waals surface area contributed by atoms with E-state index in [1.165, 1.54) is 25.7 Å². The van der Waals surface area contributed by atoms with E-state index in [0.29, 0.717) is 24.3 Å². The smallest absolute Gasteiger partial charge is 0.320 e. The molecule has 0 saturated carbocycles. The molecular weight excluding hydrogens is 356 g/mol. The van der Waals surface area contributed by atoms with Gasteiger partial charge in [-0.25, -0.2) is 0 Å². The average molecular weight is 391 g/mol. The van der Waals surface area contributed by atoms with Crippen molar-refractivity contribution in [3.8, 4) is 6.01 Å². The summed E-state index contributed by atoms with van der Waals surface area (Å²) in [6, 6.07) is 0.272. The molecule has 2 atom stereocenters. The zero-order chi connectivity index (χ0) is 19.9. The second-order valence-electron chi connectivity index (χ2n) is 7.97. The second kappa shape index (κ2) is 10.0. The van der Waals surface area contributed by atoms with Gasteiger partial charge in [-0.15, -0.1) is 0 Å². The van der Waals surface area contributed by atoms with Crippen molar-refractivity contribution in [1.82, 2.24) is 9.97 Å². The highest BCUT2D eigenvalue weighted by molar-refractivity contribution is 6.01. The third-order valence-corrected chi connectivity index (χ3v) is 5.57. The van der Waals surface area contributed by atoms with Crippen molar-refractivity contribution in [2.75, 3.05) is 23.8 Å². The number of anilines is 2. The average Bonchev–Trinajstić information content (AvgIpc) is 3.27. The predicted molar refractivity (Wildman–Crippen MR) is 110 cm³/mol. The number of nitrogens with two attached hydrogens (primary N) is 1. The highest BCUT2D eigenvalue weighted by Crippen LogP contribution is 2.32. The van der Waals surface area contributed by atoms with Gasteiger partial charge in [0, 0.05) is 18.7 Å². The number of hydrogen-bond acceptors (Lipinski definition) is 6. The van der Waals surface area contributed by atoms with E-state index < -0.39 is 0 Å². The Morgan fingerprint density at radius 1 is 1.29 bits per heavy atom. The molecule has 7 heteroatoms. The fourth-order valence-electron chi connectivity index (χ4n) is 4.02. The van der Waals surface area contributed by atoms with E-state index in [4.69, 9.17) is 15.2 Å². The van der Waals surface area contributed by atoms with E-state index in [1.54, 1.807) is 4.90 Å². The van der Waals surface area contributed by atoms with Gasteiger partial charge in [-0.1, -0.05) is 32.6 Å². The van der Waals surface area contributed by atoms with E-state index in [9.17, 15) is 4.79 Å². The molecule has 1 aromatic rings. The van der Waals surface area contributed by atoms with Crippen LogP contribution in [0.25, 0.3) is 0 Å². The summed E-state index contributed by atoms with van der Waals surface area (Å²) in [5, 5.41) is 0. The van der Waals surface area contributed by atoms with Gasteiger partial charge in [0.05, 0.1) is 18.6 Å². The van der Waals surface area contributed by atoms with Crippen LogP contribution in [-0.4, -0.2) is 41.2 Å². The van der Waals surface area contributed by atoms with Crippen molar-refractivity contribution in [2.45, 2.75) is 90.3 Å². The Balaban J connectivity index is 1.50. The molecular formula is C21H34N4O3. The number of nitrogens with zero attached hydrogens (tertiary/aromatic N) is 3. The molecule has 2 aliphatic heterocycles. The molecule has 0 bridgehead atoms. The Bertz CT molecular complexity index is 661. The molecule has 1 fully saturated rings. The molecule has 0 spiro atoms. The molecule has 1 aromatic heterocycles. The van der Waals surface area contributed by atoms with Crippen LogP contribution in [0.4, 0.5) is 11.6 Å². The van der Waals surface area contributed by atoms with Gasteiger partial charge in [-0.05, 0) is 39.0 Å². The highest BCUT2D eigenvalue weighted by atomic mass is 16.5. The molecule has 3 heterocycles. The topological polar surface area (TPSA) is 90.6 Å². The van der Waals surface area contributed by atoms with E-state index in [2.05, 4.69) is 16.9 Å². The van der Waals surface area contributed by atoms with Crippen molar-refractivity contribution in [3.63, 3.8) is 0 Å². The lowest BCUT2D eigenvalue weighted by atomic mass is 10.1. The van der Waals surface area contributed by atoms with Crippen molar-refractivity contribution in [1.29, 1.82) is 0 Å². The van der Waals surface area contributed by atoms with Gasteiger partial charge in [-0.3, -0.25) is 9.69 Å². The molecule has 2 aliphatic rings. The number of unbranched alkanes of at least 4 members (excludes halogenated alkanes) is 3. The lowest BCUT2D eigenvalue weighted by Gasteiger charge is -2.18. The van der Waals surface area contributed by atoms with Gasteiger partial charge in [0.1, 0.15) is 11.6 Å². The van der Waals surface area contributed by atoms with Crippen LogP contribution in [0.3, 0.4) is 0 Å². The van der Waals surface area contributed by atoms with E-state index in [1.807, 2.05) is 6.92 Å². The molecule has 0 radical (unpaired) electrons. The molecule has 1 saturated heterocycles. The Labute approximate surface area is 168 Å². The number of amides is 1. The fraction of sp³-hybridized carbons (Fsp3) is 0.762. The summed E-state index contributed by atoms with van der Waals surface area (Å²) in [5.41, 5.74) is 6.81. The maximum absolute atomic E-state index is 12.5. The van der Waals surface area contributed by atoms with Crippen LogP contribution in [0.1, 0.15) is 77.2 Å². The predicted octanol–water partition coefficient (Wildman–Crippen LogP) is 3.64. The minimum atomic E-state index is 0.0249. The maximum atomic E-state index is 12.5. The summed E-state index contributed by atoms with van der Waals surface area (Å²) >= 11 is 0. The normalized spacial score (nSPS) is 19.9. The first kappa shape index (κ1) is 20.8. The Kier molecular flexibility index (Phi) is 7.48. The molecule has 0 aromatic carbocycles. The number of hydrogen-bond donors (Lipinski definition) is 1. The first-order valence-corrected chi connectivity index (χ1v) is 10.8. The summed E-state index contributed by atoms with van der Waals surface area (Å²) in [5.74, 6) is 1.04. The Hall–Kier alpha value is -1.89. The molecule has 3 rings (SSSR count). The van der Waals surface area contributed by atoms with E-state index in [0.717, 1.165) is 44.3 Å². The first-order valence-electron chi connectivity index (χ1n) is 10.8. The van der Waals surface area contributed by atoms with Crippen LogP contribution in [-0.2, 0) is 16.0 Å². The minimum Gasteiger partial charge on any atom is -0.460 e. The summed E-state index contributed by atoms with van der Waals surface area (Å²) in [6.07, 6.45) is 10.7. The zero-order valence-electron chi connectivity index (χ0n) is 17.3. The monoisotopic (exact) mass is 390 g/mol. The third-order valence-electron chi connectivity index (χ3n) is 5.57. The summed E-state index contributed by atoms with van der Waals surface area (Å²) in [7, 11) is 0. The lowest BCUT2D eigenvalue weighted by Crippen LogP contribution is -2.28. The van der Waals surface area contributed by atoms with Gasteiger partial charge in [0.25, 0.3) is 0 Å². The largest absolute Gasteiger partial charge is 0.460 e. The summed E-state index contributed by atoms with van der Waals surface area (Å²) < 4.78 is 11.5. The number of aromatic nitrogens is 2. The van der Waals surface area contributed by atoms with Crippen LogP contribution in [0.2, 0.25) is 0 Å². The number of carbonyl (C=O) groups excluding carboxylic acids is 1. The number of ether oxygens (including phenoxy) is 2. The lowest BCUT2D eigenvalue weighted by molar-refractivity contribution is -0.117. The van der Waals surface area contributed by atoms with Gasteiger partial charge in [0.15, 0.2) is 0 Å². The SMILES string of the molecule is CCC[C@H](C)Oc1nc(N)c2c(n1)N(CCCCCCC1CCCO1)C(=O)C2. The highest BCUT2D eigenvalue weighted by Gasteiger charge is 2.32. The molecule has 28 heavy (non-hydrogen) atoms. The zero-order valence-corrected chi connectivity index (χ0v) is 17.3. The molecule has 0 aliphatic carbocycles. The maximum Gasteiger partial charge on any atom is 0.320 e. The molecule has 1 unspecified atom stereocenters. The Morgan fingerprint density at radius 2 is 2.11 bits per heavy atom. The van der Waals surface area contributed by atoms with Gasteiger partial charge >= 0.3 is 6.01 Å². The van der Waals surface area contributed by atoms with Crippen LogP contribution in [0.5, 0.6) is 6.01 Å². The van der Waals surface area contributed by atoms with Crippen LogP contribution < -0.4 is 15.4 Å². The van der Waals surface area contributed by atoms with Crippen molar-refractivity contribution < 1.29 is 14.3 Å². The first-order chi connectivity index (χ1) is 13.6. The van der Waals surface area contributed by atoms with Crippen LogP contribution in [0, 0.1) is 0 Å². The van der Waals surface area contributed by atoms with Crippen LogP contribution in [0.15, 0.2) is 0 Å². The molecule has 2 N–H and O–H groups in total. The minimum absolute atomic E-state index is 0.0249. The Morgan fingerprint density at radius 3 is 2.86 bits per heavy atom. The molecule has 7 nitrogen and oxygen atoms in total. The molecule has 1 amide bonds.